The van der Waals surface area contributed by atoms with Crippen LogP contribution in [0.1, 0.15) is 24.1 Å². The molecule has 0 amide bonds. The Hall–Kier alpha value is -2.77. The SMILES string of the molecule is Cc1ccc(N2CCCC2)cc1-c1cnc2c(N)nc(C(F)(F)F)cn12. The summed E-state index contributed by atoms with van der Waals surface area (Å²) in [6, 6.07) is 6.04. The first kappa shape index (κ1) is 16.7. The first-order valence-corrected chi connectivity index (χ1v) is 8.41. The van der Waals surface area contributed by atoms with Gasteiger partial charge < -0.3 is 10.6 Å². The Labute approximate surface area is 148 Å². The molecule has 0 spiro atoms. The molecule has 3 aromatic rings. The third kappa shape index (κ3) is 2.75. The molecule has 0 aliphatic carbocycles. The largest absolute Gasteiger partial charge is 0.434 e. The topological polar surface area (TPSA) is 59.5 Å². The van der Waals surface area contributed by atoms with Gasteiger partial charge in [-0.3, -0.25) is 4.40 Å². The van der Waals surface area contributed by atoms with Gasteiger partial charge in [-0.1, -0.05) is 6.07 Å². The summed E-state index contributed by atoms with van der Waals surface area (Å²) in [5.74, 6) is -0.237. The van der Waals surface area contributed by atoms with Crippen molar-refractivity contribution in [3.05, 3.63) is 41.9 Å². The average Bonchev–Trinajstić information content (AvgIpc) is 3.24. The number of rotatable bonds is 2. The second kappa shape index (κ2) is 5.89. The number of fused-ring (bicyclic) bond motifs is 1. The lowest BCUT2D eigenvalue weighted by molar-refractivity contribution is -0.141. The van der Waals surface area contributed by atoms with Crippen LogP contribution in [0, 0.1) is 6.92 Å². The van der Waals surface area contributed by atoms with Crippen molar-refractivity contribution in [3.63, 3.8) is 0 Å². The van der Waals surface area contributed by atoms with Crippen LogP contribution in [-0.2, 0) is 6.18 Å². The molecule has 0 atom stereocenters. The molecule has 0 unspecified atom stereocenters. The maximum atomic E-state index is 13.1. The van der Waals surface area contributed by atoms with Gasteiger partial charge in [0.05, 0.1) is 11.9 Å². The van der Waals surface area contributed by atoms with Crippen LogP contribution in [0.2, 0.25) is 0 Å². The van der Waals surface area contributed by atoms with Gasteiger partial charge in [-0.25, -0.2) is 9.97 Å². The summed E-state index contributed by atoms with van der Waals surface area (Å²) in [5, 5.41) is 0. The zero-order chi connectivity index (χ0) is 18.5. The number of nitrogen functional groups attached to an aromatic ring is 1. The number of nitrogens with zero attached hydrogens (tertiary/aromatic N) is 4. The fourth-order valence-corrected chi connectivity index (χ4v) is 3.41. The van der Waals surface area contributed by atoms with E-state index in [9.17, 15) is 13.2 Å². The van der Waals surface area contributed by atoms with Crippen molar-refractivity contribution < 1.29 is 13.2 Å². The van der Waals surface area contributed by atoms with Crippen molar-refractivity contribution in [2.75, 3.05) is 23.7 Å². The number of anilines is 2. The second-order valence-electron chi connectivity index (χ2n) is 6.54. The van der Waals surface area contributed by atoms with E-state index < -0.39 is 11.9 Å². The molecule has 8 heteroatoms. The molecule has 2 aromatic heterocycles. The van der Waals surface area contributed by atoms with Crippen LogP contribution in [0.3, 0.4) is 0 Å². The molecule has 1 saturated heterocycles. The second-order valence-corrected chi connectivity index (χ2v) is 6.54. The van der Waals surface area contributed by atoms with Gasteiger partial charge in [0.25, 0.3) is 0 Å². The Morgan fingerprint density at radius 1 is 1.15 bits per heavy atom. The van der Waals surface area contributed by atoms with Crippen LogP contribution >= 0.6 is 0 Å². The van der Waals surface area contributed by atoms with Crippen LogP contribution in [-0.4, -0.2) is 27.5 Å². The molecule has 136 valence electrons. The molecule has 1 aliphatic heterocycles. The summed E-state index contributed by atoms with van der Waals surface area (Å²) in [7, 11) is 0. The molecule has 1 aromatic carbocycles. The van der Waals surface area contributed by atoms with E-state index in [0.717, 1.165) is 48.9 Å². The van der Waals surface area contributed by atoms with E-state index in [1.807, 2.05) is 25.1 Å². The molecule has 26 heavy (non-hydrogen) atoms. The lowest BCUT2D eigenvalue weighted by Gasteiger charge is -2.19. The molecule has 2 N–H and O–H groups in total. The van der Waals surface area contributed by atoms with Gasteiger partial charge in [0, 0.05) is 30.5 Å². The normalized spacial score (nSPS) is 15.2. The number of nitrogens with two attached hydrogens (primary N) is 1. The number of aryl methyl sites for hydroxylation is 1. The fraction of sp³-hybridized carbons (Fsp3) is 0.333. The number of imidazole rings is 1. The number of hydrogen-bond acceptors (Lipinski definition) is 4. The van der Waals surface area contributed by atoms with Crippen LogP contribution in [0.15, 0.2) is 30.6 Å². The van der Waals surface area contributed by atoms with Gasteiger partial charge >= 0.3 is 6.18 Å². The fourth-order valence-electron chi connectivity index (χ4n) is 3.41. The number of benzene rings is 1. The van der Waals surface area contributed by atoms with Crippen LogP contribution < -0.4 is 10.6 Å². The standard InChI is InChI=1S/C18H18F3N5/c1-11-4-5-12(25-6-2-3-7-25)8-13(11)14-9-23-17-16(22)24-15(10-26(14)17)18(19,20)21/h4-5,8-10H,2-3,6-7H2,1H3,(H2,22,24). The minimum atomic E-state index is -4.57. The summed E-state index contributed by atoms with van der Waals surface area (Å²) >= 11 is 0. The van der Waals surface area contributed by atoms with E-state index >= 15 is 0 Å². The first-order chi connectivity index (χ1) is 12.3. The summed E-state index contributed by atoms with van der Waals surface area (Å²) < 4.78 is 40.8. The maximum absolute atomic E-state index is 13.1. The van der Waals surface area contributed by atoms with E-state index in [4.69, 9.17) is 5.73 Å². The minimum Gasteiger partial charge on any atom is -0.381 e. The molecular weight excluding hydrogens is 343 g/mol. The van der Waals surface area contributed by atoms with Crippen LogP contribution in [0.25, 0.3) is 16.9 Å². The number of aromatic nitrogens is 3. The molecular formula is C18H18F3N5. The lowest BCUT2D eigenvalue weighted by atomic mass is 10.0. The van der Waals surface area contributed by atoms with Crippen molar-refractivity contribution in [2.45, 2.75) is 25.9 Å². The average molecular weight is 361 g/mol. The van der Waals surface area contributed by atoms with Crippen molar-refractivity contribution in [3.8, 4) is 11.3 Å². The Morgan fingerprint density at radius 3 is 2.58 bits per heavy atom. The molecule has 1 fully saturated rings. The maximum Gasteiger partial charge on any atom is 0.434 e. The van der Waals surface area contributed by atoms with E-state index in [1.165, 1.54) is 4.40 Å². The van der Waals surface area contributed by atoms with Gasteiger partial charge in [-0.15, -0.1) is 0 Å². The molecule has 4 rings (SSSR count). The number of halogens is 3. The van der Waals surface area contributed by atoms with Crippen LogP contribution in [0.5, 0.6) is 0 Å². The Kier molecular flexibility index (Phi) is 3.78. The molecule has 0 bridgehead atoms. The summed E-state index contributed by atoms with van der Waals surface area (Å²) in [5.41, 5.74) is 8.32. The van der Waals surface area contributed by atoms with Gasteiger partial charge in [-0.05, 0) is 37.5 Å². The number of alkyl halides is 3. The third-order valence-corrected chi connectivity index (χ3v) is 4.78. The van der Waals surface area contributed by atoms with E-state index in [2.05, 4.69) is 14.9 Å². The Balaban J connectivity index is 1.89. The molecule has 0 radical (unpaired) electrons. The zero-order valence-corrected chi connectivity index (χ0v) is 14.2. The highest BCUT2D eigenvalue weighted by atomic mass is 19.4. The Morgan fingerprint density at radius 2 is 1.88 bits per heavy atom. The highest BCUT2D eigenvalue weighted by molar-refractivity contribution is 5.74. The van der Waals surface area contributed by atoms with Crippen molar-refractivity contribution >= 4 is 17.2 Å². The molecule has 5 nitrogen and oxygen atoms in total. The predicted molar refractivity (Wildman–Crippen MR) is 94.0 cm³/mol. The number of hydrogen-bond donors (Lipinski definition) is 1. The smallest absolute Gasteiger partial charge is 0.381 e. The first-order valence-electron chi connectivity index (χ1n) is 8.41. The van der Waals surface area contributed by atoms with Crippen molar-refractivity contribution in [2.24, 2.45) is 0 Å². The van der Waals surface area contributed by atoms with Crippen molar-refractivity contribution in [1.29, 1.82) is 0 Å². The van der Waals surface area contributed by atoms with Crippen molar-refractivity contribution in [1.82, 2.24) is 14.4 Å². The highest BCUT2D eigenvalue weighted by Crippen LogP contribution is 2.33. The van der Waals surface area contributed by atoms with Crippen LogP contribution in [0.4, 0.5) is 24.7 Å². The minimum absolute atomic E-state index is 0.221. The van der Waals surface area contributed by atoms with E-state index in [-0.39, 0.29) is 11.5 Å². The lowest BCUT2D eigenvalue weighted by Crippen LogP contribution is -2.17. The quantitative estimate of drug-likeness (QED) is 0.752. The summed E-state index contributed by atoms with van der Waals surface area (Å²) in [6.45, 7) is 3.91. The van der Waals surface area contributed by atoms with Gasteiger partial charge in [0.15, 0.2) is 17.2 Å². The molecule has 3 heterocycles. The molecule has 1 aliphatic rings. The predicted octanol–water partition coefficient (Wildman–Crippen LogP) is 3.91. The third-order valence-electron chi connectivity index (χ3n) is 4.78. The monoisotopic (exact) mass is 361 g/mol. The van der Waals surface area contributed by atoms with Gasteiger partial charge in [0.2, 0.25) is 0 Å². The van der Waals surface area contributed by atoms with Gasteiger partial charge in [-0.2, -0.15) is 13.2 Å². The van der Waals surface area contributed by atoms with Gasteiger partial charge in [0.1, 0.15) is 0 Å². The molecule has 0 saturated carbocycles. The summed E-state index contributed by atoms with van der Waals surface area (Å²) in [6.07, 6.45) is 0.224. The zero-order valence-electron chi connectivity index (χ0n) is 14.2. The summed E-state index contributed by atoms with van der Waals surface area (Å²) in [4.78, 5) is 9.91. The van der Waals surface area contributed by atoms with E-state index in [1.54, 1.807) is 6.20 Å². The Bertz CT molecular complexity index is 971. The van der Waals surface area contributed by atoms with E-state index in [0.29, 0.717) is 5.69 Å². The highest BCUT2D eigenvalue weighted by Gasteiger charge is 2.34.